The number of thiophene rings is 1. The van der Waals surface area contributed by atoms with E-state index in [0.29, 0.717) is 6.04 Å². The molecule has 0 aliphatic carbocycles. The molecule has 1 aliphatic heterocycles. The number of unbranched alkanes of at least 4 members (excludes halogenated alkanes) is 1. The third-order valence-electron chi connectivity index (χ3n) is 3.69. The van der Waals surface area contributed by atoms with Gasteiger partial charge >= 0.3 is 0 Å². The number of nitrogens with zero attached hydrogens (tertiary/aromatic N) is 1. The van der Waals surface area contributed by atoms with Crippen LogP contribution in [0.4, 0.5) is 0 Å². The SMILES string of the molecule is CCCCNCCN1CCc2sccc2C1C. The van der Waals surface area contributed by atoms with Gasteiger partial charge in [0, 0.05) is 30.6 Å². The molecule has 17 heavy (non-hydrogen) atoms. The van der Waals surface area contributed by atoms with Crippen molar-refractivity contribution in [2.24, 2.45) is 0 Å². The minimum atomic E-state index is 0.609. The summed E-state index contributed by atoms with van der Waals surface area (Å²) in [5.74, 6) is 0. The van der Waals surface area contributed by atoms with Crippen molar-refractivity contribution in [2.45, 2.75) is 39.2 Å². The van der Waals surface area contributed by atoms with Crippen molar-refractivity contribution in [1.82, 2.24) is 10.2 Å². The Kier molecular flexibility index (Phi) is 5.01. The Morgan fingerprint density at radius 1 is 1.47 bits per heavy atom. The van der Waals surface area contributed by atoms with Crippen molar-refractivity contribution in [2.75, 3.05) is 26.2 Å². The van der Waals surface area contributed by atoms with Crippen LogP contribution in [0, 0.1) is 0 Å². The highest BCUT2D eigenvalue weighted by Crippen LogP contribution is 2.32. The quantitative estimate of drug-likeness (QED) is 0.783. The van der Waals surface area contributed by atoms with Gasteiger partial charge in [-0.2, -0.15) is 0 Å². The van der Waals surface area contributed by atoms with Gasteiger partial charge in [-0.1, -0.05) is 13.3 Å². The zero-order valence-corrected chi connectivity index (χ0v) is 11.9. The molecule has 0 aromatic carbocycles. The van der Waals surface area contributed by atoms with Crippen molar-refractivity contribution < 1.29 is 0 Å². The molecule has 2 nitrogen and oxygen atoms in total. The third kappa shape index (κ3) is 3.30. The molecular weight excluding hydrogens is 228 g/mol. The first-order chi connectivity index (χ1) is 8.33. The van der Waals surface area contributed by atoms with Gasteiger partial charge in [-0.15, -0.1) is 11.3 Å². The van der Waals surface area contributed by atoms with Crippen molar-refractivity contribution in [3.63, 3.8) is 0 Å². The molecule has 3 heteroatoms. The fourth-order valence-electron chi connectivity index (χ4n) is 2.52. The van der Waals surface area contributed by atoms with Crippen LogP contribution in [0.5, 0.6) is 0 Å². The zero-order valence-electron chi connectivity index (χ0n) is 11.0. The molecule has 0 saturated heterocycles. The molecule has 1 unspecified atom stereocenters. The summed E-state index contributed by atoms with van der Waals surface area (Å²) in [4.78, 5) is 4.21. The van der Waals surface area contributed by atoms with Crippen LogP contribution in [0.1, 0.15) is 43.2 Å². The van der Waals surface area contributed by atoms with Gasteiger partial charge in [0.2, 0.25) is 0 Å². The summed E-state index contributed by atoms with van der Waals surface area (Å²) in [7, 11) is 0. The summed E-state index contributed by atoms with van der Waals surface area (Å²) in [6.45, 7) is 9.29. The highest BCUT2D eigenvalue weighted by Gasteiger charge is 2.23. The molecule has 1 aliphatic rings. The van der Waals surface area contributed by atoms with Crippen LogP contribution in [-0.4, -0.2) is 31.1 Å². The van der Waals surface area contributed by atoms with Crippen molar-refractivity contribution in [3.8, 4) is 0 Å². The smallest absolute Gasteiger partial charge is 0.0331 e. The molecule has 1 N–H and O–H groups in total. The van der Waals surface area contributed by atoms with Gasteiger partial charge in [0.1, 0.15) is 0 Å². The first kappa shape index (κ1) is 13.1. The Bertz CT molecular complexity index is 335. The second-order valence-corrected chi connectivity index (χ2v) is 5.87. The summed E-state index contributed by atoms with van der Waals surface area (Å²) in [6, 6.07) is 2.92. The topological polar surface area (TPSA) is 15.3 Å². The lowest BCUT2D eigenvalue weighted by Crippen LogP contribution is -2.38. The molecule has 0 radical (unpaired) electrons. The van der Waals surface area contributed by atoms with Gasteiger partial charge in [-0.3, -0.25) is 4.90 Å². The molecule has 1 aromatic heterocycles. The first-order valence-electron chi connectivity index (χ1n) is 6.84. The summed E-state index contributed by atoms with van der Waals surface area (Å²) in [5, 5.41) is 5.77. The van der Waals surface area contributed by atoms with Crippen LogP contribution >= 0.6 is 11.3 Å². The van der Waals surface area contributed by atoms with E-state index in [1.807, 2.05) is 11.3 Å². The molecule has 0 spiro atoms. The highest BCUT2D eigenvalue weighted by molar-refractivity contribution is 7.10. The van der Waals surface area contributed by atoms with E-state index >= 15 is 0 Å². The van der Waals surface area contributed by atoms with E-state index in [1.165, 1.54) is 38.9 Å². The fourth-order valence-corrected chi connectivity index (χ4v) is 3.48. The number of nitrogens with one attached hydrogen (secondary N) is 1. The molecule has 96 valence electrons. The van der Waals surface area contributed by atoms with E-state index < -0.39 is 0 Å². The highest BCUT2D eigenvalue weighted by atomic mass is 32.1. The Morgan fingerprint density at radius 3 is 3.18 bits per heavy atom. The normalized spacial score (nSPS) is 20.5. The van der Waals surface area contributed by atoms with Gasteiger partial charge in [-0.25, -0.2) is 0 Å². The van der Waals surface area contributed by atoms with Crippen LogP contribution in [-0.2, 0) is 6.42 Å². The Balaban J connectivity index is 1.76. The molecule has 0 fully saturated rings. The molecule has 0 saturated carbocycles. The molecule has 1 aromatic rings. The van der Waals surface area contributed by atoms with E-state index in [2.05, 4.69) is 35.5 Å². The lowest BCUT2D eigenvalue weighted by Gasteiger charge is -2.33. The zero-order chi connectivity index (χ0) is 12.1. The molecular formula is C14H24N2S. The molecule has 1 atom stereocenters. The minimum absolute atomic E-state index is 0.609. The van der Waals surface area contributed by atoms with Crippen molar-refractivity contribution >= 4 is 11.3 Å². The predicted octanol–water partition coefficient (Wildman–Crippen LogP) is 3.06. The van der Waals surface area contributed by atoms with Gasteiger partial charge in [-0.05, 0) is 43.3 Å². The summed E-state index contributed by atoms with van der Waals surface area (Å²) in [5.41, 5.74) is 1.56. The third-order valence-corrected chi connectivity index (χ3v) is 4.68. The van der Waals surface area contributed by atoms with E-state index in [-0.39, 0.29) is 0 Å². The Labute approximate surface area is 109 Å². The van der Waals surface area contributed by atoms with Crippen LogP contribution in [0.2, 0.25) is 0 Å². The van der Waals surface area contributed by atoms with Crippen LogP contribution in [0.25, 0.3) is 0 Å². The number of hydrogen-bond donors (Lipinski definition) is 1. The summed E-state index contributed by atoms with van der Waals surface area (Å²) in [6.07, 6.45) is 3.82. The monoisotopic (exact) mass is 252 g/mol. The number of hydrogen-bond acceptors (Lipinski definition) is 3. The Morgan fingerprint density at radius 2 is 2.35 bits per heavy atom. The van der Waals surface area contributed by atoms with Gasteiger partial charge < -0.3 is 5.32 Å². The van der Waals surface area contributed by atoms with E-state index in [4.69, 9.17) is 0 Å². The van der Waals surface area contributed by atoms with Crippen molar-refractivity contribution in [1.29, 1.82) is 0 Å². The van der Waals surface area contributed by atoms with E-state index in [0.717, 1.165) is 6.54 Å². The summed E-state index contributed by atoms with van der Waals surface area (Å²) >= 11 is 1.92. The maximum atomic E-state index is 3.53. The minimum Gasteiger partial charge on any atom is -0.315 e. The van der Waals surface area contributed by atoms with Crippen LogP contribution in [0.3, 0.4) is 0 Å². The van der Waals surface area contributed by atoms with Crippen LogP contribution < -0.4 is 5.32 Å². The average molecular weight is 252 g/mol. The number of fused-ring (bicyclic) bond motifs is 1. The van der Waals surface area contributed by atoms with Gasteiger partial charge in [0.05, 0.1) is 0 Å². The second kappa shape index (κ2) is 6.53. The molecule has 0 bridgehead atoms. The fraction of sp³-hybridized carbons (Fsp3) is 0.714. The maximum absolute atomic E-state index is 3.53. The first-order valence-corrected chi connectivity index (χ1v) is 7.72. The van der Waals surface area contributed by atoms with Gasteiger partial charge in [0.15, 0.2) is 0 Å². The standard InChI is InChI=1S/C14H24N2S/c1-3-4-7-15-8-10-16-9-5-14-13(12(16)2)6-11-17-14/h6,11-12,15H,3-5,7-10H2,1-2H3. The predicted molar refractivity (Wildman–Crippen MR) is 75.8 cm³/mol. The van der Waals surface area contributed by atoms with E-state index in [9.17, 15) is 0 Å². The lowest BCUT2D eigenvalue weighted by atomic mass is 10.0. The van der Waals surface area contributed by atoms with E-state index in [1.54, 1.807) is 10.4 Å². The molecule has 0 amide bonds. The van der Waals surface area contributed by atoms with Crippen LogP contribution in [0.15, 0.2) is 11.4 Å². The van der Waals surface area contributed by atoms with Gasteiger partial charge in [0.25, 0.3) is 0 Å². The number of rotatable bonds is 6. The average Bonchev–Trinajstić information content (AvgIpc) is 2.80. The second-order valence-electron chi connectivity index (χ2n) is 4.86. The van der Waals surface area contributed by atoms with Crippen molar-refractivity contribution in [3.05, 3.63) is 21.9 Å². The Hall–Kier alpha value is -0.380. The maximum Gasteiger partial charge on any atom is 0.0331 e. The lowest BCUT2D eigenvalue weighted by molar-refractivity contribution is 0.201. The largest absolute Gasteiger partial charge is 0.315 e. The summed E-state index contributed by atoms with van der Waals surface area (Å²) < 4.78 is 0. The molecule has 2 heterocycles. The molecule has 2 rings (SSSR count).